The van der Waals surface area contributed by atoms with Crippen molar-refractivity contribution < 1.29 is 9.53 Å². The molecular formula is C21H21ClN2O2S2. The van der Waals surface area contributed by atoms with Crippen LogP contribution in [0.1, 0.15) is 28.8 Å². The maximum Gasteiger partial charge on any atom is 0.261 e. The van der Waals surface area contributed by atoms with Crippen LogP contribution in [-0.2, 0) is 4.74 Å². The van der Waals surface area contributed by atoms with Gasteiger partial charge in [0.25, 0.3) is 5.91 Å². The molecular weight excluding hydrogens is 412 g/mol. The van der Waals surface area contributed by atoms with Crippen LogP contribution in [-0.4, -0.2) is 36.4 Å². The van der Waals surface area contributed by atoms with Crippen LogP contribution in [0.15, 0.2) is 41.3 Å². The van der Waals surface area contributed by atoms with Gasteiger partial charge in [-0.3, -0.25) is 9.69 Å². The number of anilines is 1. The van der Waals surface area contributed by atoms with Crippen LogP contribution in [0.5, 0.6) is 0 Å². The quantitative estimate of drug-likeness (QED) is 0.477. The third kappa shape index (κ3) is 3.79. The Balaban J connectivity index is 1.77. The highest BCUT2D eigenvalue weighted by atomic mass is 35.5. The molecule has 0 bridgehead atoms. The van der Waals surface area contributed by atoms with Gasteiger partial charge in [0.05, 0.1) is 28.4 Å². The lowest BCUT2D eigenvalue weighted by molar-refractivity contribution is 0.0915. The lowest BCUT2D eigenvalue weighted by Crippen LogP contribution is -2.37. The third-order valence-corrected chi connectivity index (χ3v) is 7.21. The zero-order valence-electron chi connectivity index (χ0n) is 15.8. The molecule has 0 spiro atoms. The predicted octanol–water partition coefficient (Wildman–Crippen LogP) is 5.81. The number of aryl methyl sites for hydroxylation is 1. The van der Waals surface area contributed by atoms with Crippen molar-refractivity contribution in [3.63, 3.8) is 0 Å². The molecule has 4 rings (SSSR count). The maximum atomic E-state index is 13.5. The normalized spacial score (nSPS) is 16.6. The number of thiazole rings is 1. The van der Waals surface area contributed by atoms with Crippen LogP contribution in [0.2, 0.25) is 5.02 Å². The van der Waals surface area contributed by atoms with E-state index in [2.05, 4.69) is 0 Å². The number of benzene rings is 2. The molecule has 1 fully saturated rings. The van der Waals surface area contributed by atoms with Crippen molar-refractivity contribution in [2.45, 2.75) is 30.8 Å². The van der Waals surface area contributed by atoms with Crippen LogP contribution in [0.4, 0.5) is 5.13 Å². The van der Waals surface area contributed by atoms with Gasteiger partial charge in [0.15, 0.2) is 5.13 Å². The Morgan fingerprint density at radius 1 is 1.36 bits per heavy atom. The zero-order valence-corrected chi connectivity index (χ0v) is 18.2. The van der Waals surface area contributed by atoms with Gasteiger partial charge in [0, 0.05) is 16.5 Å². The number of amides is 1. The van der Waals surface area contributed by atoms with Gasteiger partial charge in [-0.1, -0.05) is 35.1 Å². The Bertz CT molecular complexity index is 1010. The summed E-state index contributed by atoms with van der Waals surface area (Å²) in [5.74, 6) is -0.0387. The molecule has 1 aromatic heterocycles. The van der Waals surface area contributed by atoms with E-state index in [1.807, 2.05) is 49.6 Å². The SMILES string of the molecule is CSc1ccccc1C(=O)N(CC1CCCO1)c1nc2c(C)c(Cl)ccc2s1. The molecule has 2 aromatic carbocycles. The summed E-state index contributed by atoms with van der Waals surface area (Å²) in [4.78, 5) is 21.1. The third-order valence-electron chi connectivity index (χ3n) is 4.96. The standard InChI is InChI=1S/C21H21ClN2O2S2/c1-13-16(22)9-10-18-19(13)23-21(28-18)24(12-14-6-5-11-26-14)20(25)15-7-3-4-8-17(15)27-2/h3-4,7-10,14H,5-6,11-12H2,1-2H3. The molecule has 0 aliphatic carbocycles. The van der Waals surface area contributed by atoms with Gasteiger partial charge in [-0.25, -0.2) is 4.98 Å². The van der Waals surface area contributed by atoms with Crippen molar-refractivity contribution in [2.24, 2.45) is 0 Å². The zero-order chi connectivity index (χ0) is 19.7. The van der Waals surface area contributed by atoms with E-state index in [1.54, 1.807) is 16.7 Å². The molecule has 0 N–H and O–H groups in total. The number of carbonyl (C=O) groups excluding carboxylic acids is 1. The number of nitrogens with zero attached hydrogens (tertiary/aromatic N) is 2. The van der Waals surface area contributed by atoms with Gasteiger partial charge >= 0.3 is 0 Å². The molecule has 3 aromatic rings. The van der Waals surface area contributed by atoms with Gasteiger partial charge in [-0.05, 0) is 55.9 Å². The fourth-order valence-corrected chi connectivity index (χ4v) is 5.19. The van der Waals surface area contributed by atoms with E-state index < -0.39 is 0 Å². The summed E-state index contributed by atoms with van der Waals surface area (Å²) in [5.41, 5.74) is 2.49. The van der Waals surface area contributed by atoms with Crippen molar-refractivity contribution >= 4 is 56.0 Å². The van der Waals surface area contributed by atoms with Crippen LogP contribution < -0.4 is 4.90 Å². The molecule has 146 valence electrons. The molecule has 1 aliphatic rings. The second-order valence-electron chi connectivity index (χ2n) is 6.77. The number of aromatic nitrogens is 1. The second kappa shape index (κ2) is 8.41. The molecule has 1 amide bonds. The molecule has 1 atom stereocenters. The monoisotopic (exact) mass is 432 g/mol. The molecule has 0 saturated carbocycles. The van der Waals surface area contributed by atoms with Gasteiger partial charge in [-0.15, -0.1) is 11.8 Å². The van der Waals surface area contributed by atoms with Gasteiger partial charge in [-0.2, -0.15) is 0 Å². The Labute approximate surface area is 177 Å². The van der Waals surface area contributed by atoms with E-state index in [-0.39, 0.29) is 12.0 Å². The maximum absolute atomic E-state index is 13.5. The molecule has 0 radical (unpaired) electrons. The predicted molar refractivity (Wildman–Crippen MR) is 118 cm³/mol. The molecule has 4 nitrogen and oxygen atoms in total. The molecule has 1 aliphatic heterocycles. The van der Waals surface area contributed by atoms with Crippen molar-refractivity contribution in [2.75, 3.05) is 24.3 Å². The first-order valence-electron chi connectivity index (χ1n) is 9.20. The Hall–Kier alpha value is -1.60. The van der Waals surface area contributed by atoms with E-state index in [0.29, 0.717) is 22.3 Å². The molecule has 2 heterocycles. The lowest BCUT2D eigenvalue weighted by Gasteiger charge is -2.24. The lowest BCUT2D eigenvalue weighted by atomic mass is 10.1. The molecule has 1 unspecified atom stereocenters. The minimum absolute atomic E-state index is 0.0387. The second-order valence-corrected chi connectivity index (χ2v) is 9.03. The van der Waals surface area contributed by atoms with E-state index in [9.17, 15) is 4.79 Å². The minimum Gasteiger partial charge on any atom is -0.376 e. The summed E-state index contributed by atoms with van der Waals surface area (Å²) in [5, 5.41) is 1.38. The van der Waals surface area contributed by atoms with Gasteiger partial charge in [0.1, 0.15) is 0 Å². The summed E-state index contributed by atoms with van der Waals surface area (Å²) in [6.45, 7) is 3.22. The number of ether oxygens (including phenoxy) is 1. The number of hydrogen-bond donors (Lipinski definition) is 0. The average Bonchev–Trinajstić information content (AvgIpc) is 3.38. The number of carbonyl (C=O) groups is 1. The first-order valence-corrected chi connectivity index (χ1v) is 11.6. The summed E-state index contributed by atoms with van der Waals surface area (Å²) >= 11 is 9.37. The van der Waals surface area contributed by atoms with E-state index in [1.165, 1.54) is 11.3 Å². The summed E-state index contributed by atoms with van der Waals surface area (Å²) in [6, 6.07) is 11.6. The van der Waals surface area contributed by atoms with Crippen molar-refractivity contribution in [3.8, 4) is 0 Å². The van der Waals surface area contributed by atoms with Crippen LogP contribution in [0, 0.1) is 6.92 Å². The van der Waals surface area contributed by atoms with Crippen molar-refractivity contribution in [1.82, 2.24) is 4.98 Å². The van der Waals surface area contributed by atoms with Crippen LogP contribution >= 0.6 is 34.7 Å². The Morgan fingerprint density at radius 3 is 2.93 bits per heavy atom. The van der Waals surface area contributed by atoms with E-state index >= 15 is 0 Å². The van der Waals surface area contributed by atoms with Crippen molar-refractivity contribution in [3.05, 3.63) is 52.5 Å². The summed E-state index contributed by atoms with van der Waals surface area (Å²) < 4.78 is 6.85. The molecule has 7 heteroatoms. The topological polar surface area (TPSA) is 42.4 Å². The fourth-order valence-electron chi connectivity index (χ4n) is 3.41. The minimum atomic E-state index is -0.0387. The van der Waals surface area contributed by atoms with Crippen LogP contribution in [0.25, 0.3) is 10.2 Å². The number of halogens is 1. The Kier molecular flexibility index (Phi) is 5.92. The van der Waals surface area contributed by atoms with E-state index in [0.717, 1.165) is 40.1 Å². The summed E-state index contributed by atoms with van der Waals surface area (Å²) in [6.07, 6.45) is 4.02. The van der Waals surface area contributed by atoms with E-state index in [4.69, 9.17) is 21.3 Å². The van der Waals surface area contributed by atoms with Crippen LogP contribution in [0.3, 0.4) is 0 Å². The van der Waals surface area contributed by atoms with Crippen molar-refractivity contribution in [1.29, 1.82) is 0 Å². The number of thioether (sulfide) groups is 1. The van der Waals surface area contributed by atoms with Gasteiger partial charge < -0.3 is 4.74 Å². The molecule has 1 saturated heterocycles. The highest BCUT2D eigenvalue weighted by molar-refractivity contribution is 7.98. The molecule has 28 heavy (non-hydrogen) atoms. The largest absolute Gasteiger partial charge is 0.376 e. The smallest absolute Gasteiger partial charge is 0.261 e. The highest BCUT2D eigenvalue weighted by Gasteiger charge is 2.28. The number of rotatable bonds is 5. The number of fused-ring (bicyclic) bond motifs is 1. The first-order chi connectivity index (χ1) is 13.6. The number of hydrogen-bond acceptors (Lipinski definition) is 5. The van der Waals surface area contributed by atoms with Gasteiger partial charge in [0.2, 0.25) is 0 Å². The average molecular weight is 433 g/mol. The fraction of sp³-hybridized carbons (Fsp3) is 0.333. The Morgan fingerprint density at radius 2 is 2.18 bits per heavy atom. The first kappa shape index (κ1) is 19.7. The highest BCUT2D eigenvalue weighted by Crippen LogP contribution is 2.35. The summed E-state index contributed by atoms with van der Waals surface area (Å²) in [7, 11) is 0.